The molecule has 0 aliphatic rings. The van der Waals surface area contributed by atoms with Gasteiger partial charge in [-0.2, -0.15) is 4.68 Å². The molecule has 0 atom stereocenters. The van der Waals surface area contributed by atoms with Gasteiger partial charge in [0.05, 0.1) is 16.1 Å². The van der Waals surface area contributed by atoms with Crippen molar-refractivity contribution >= 4 is 28.5 Å². The average Bonchev–Trinajstić information content (AvgIpc) is 3.42. The van der Waals surface area contributed by atoms with Crippen molar-refractivity contribution in [3.63, 3.8) is 0 Å². The standard InChI is InChI=1S/C21H15N7O2S/c29-28(30)17-12-10-15(11-13-17)14-31-21-24-23-20(26(21)16-6-2-1-3-7-16)27-19-9-5-4-8-18(19)22-25-27/h1-13H,14H2. The van der Waals surface area contributed by atoms with E-state index < -0.39 is 4.92 Å². The Morgan fingerprint density at radius 2 is 1.61 bits per heavy atom. The number of para-hydroxylation sites is 2. The van der Waals surface area contributed by atoms with Crippen LogP contribution in [0.2, 0.25) is 0 Å². The van der Waals surface area contributed by atoms with E-state index in [0.29, 0.717) is 16.9 Å². The maximum atomic E-state index is 10.9. The number of aromatic nitrogens is 6. The number of hydrogen-bond donors (Lipinski definition) is 0. The van der Waals surface area contributed by atoms with Crippen LogP contribution in [-0.2, 0) is 5.75 Å². The first-order chi connectivity index (χ1) is 15.2. The molecule has 0 aliphatic heterocycles. The lowest BCUT2D eigenvalue weighted by molar-refractivity contribution is -0.384. The molecule has 0 saturated heterocycles. The molecule has 0 radical (unpaired) electrons. The number of nitro benzene ring substituents is 1. The topological polar surface area (TPSA) is 105 Å². The van der Waals surface area contributed by atoms with Gasteiger partial charge in [-0.3, -0.25) is 14.7 Å². The summed E-state index contributed by atoms with van der Waals surface area (Å²) in [6.07, 6.45) is 0. The zero-order valence-electron chi connectivity index (χ0n) is 16.1. The van der Waals surface area contributed by atoms with Gasteiger partial charge < -0.3 is 0 Å². The Morgan fingerprint density at radius 3 is 2.39 bits per heavy atom. The third-order valence-corrected chi connectivity index (χ3v) is 5.69. The van der Waals surface area contributed by atoms with E-state index in [9.17, 15) is 10.1 Å². The summed E-state index contributed by atoms with van der Waals surface area (Å²) in [5.41, 5.74) is 3.52. The molecule has 5 aromatic rings. The van der Waals surface area contributed by atoms with Gasteiger partial charge in [0.15, 0.2) is 5.16 Å². The number of nitro groups is 1. The maximum Gasteiger partial charge on any atom is 0.269 e. The third kappa shape index (κ3) is 3.64. The molecule has 9 nitrogen and oxygen atoms in total. The summed E-state index contributed by atoms with van der Waals surface area (Å²) >= 11 is 1.49. The van der Waals surface area contributed by atoms with Crippen LogP contribution in [-0.4, -0.2) is 34.7 Å². The minimum atomic E-state index is -0.405. The molecule has 152 valence electrons. The van der Waals surface area contributed by atoms with Gasteiger partial charge in [0.2, 0.25) is 0 Å². The van der Waals surface area contributed by atoms with Crippen LogP contribution in [0.5, 0.6) is 0 Å². The van der Waals surface area contributed by atoms with Crippen LogP contribution in [0.1, 0.15) is 5.56 Å². The molecule has 5 rings (SSSR count). The summed E-state index contributed by atoms with van der Waals surface area (Å²) in [5, 5.41) is 28.8. The van der Waals surface area contributed by atoms with Crippen LogP contribution in [0.4, 0.5) is 5.69 Å². The number of non-ortho nitro benzene ring substituents is 1. The number of thioether (sulfide) groups is 1. The molecule has 0 N–H and O–H groups in total. The van der Waals surface area contributed by atoms with Gasteiger partial charge in [-0.15, -0.1) is 15.3 Å². The quantitative estimate of drug-likeness (QED) is 0.226. The zero-order valence-corrected chi connectivity index (χ0v) is 16.9. The molecular formula is C21H15N7O2S. The monoisotopic (exact) mass is 429 g/mol. The molecule has 2 aromatic heterocycles. The molecule has 0 unspecified atom stereocenters. The average molecular weight is 429 g/mol. The van der Waals surface area contributed by atoms with Gasteiger partial charge >= 0.3 is 0 Å². The molecule has 0 saturated carbocycles. The van der Waals surface area contributed by atoms with Crippen molar-refractivity contribution < 1.29 is 4.92 Å². The number of benzene rings is 3. The lowest BCUT2D eigenvalue weighted by Crippen LogP contribution is -2.07. The minimum absolute atomic E-state index is 0.0709. The summed E-state index contributed by atoms with van der Waals surface area (Å²) < 4.78 is 3.60. The van der Waals surface area contributed by atoms with Gasteiger partial charge in [-0.05, 0) is 29.8 Å². The maximum absolute atomic E-state index is 10.9. The summed E-state index contributed by atoms with van der Waals surface area (Å²) in [5.74, 6) is 1.12. The Kier molecular flexibility index (Phi) is 4.89. The van der Waals surface area contributed by atoms with Crippen molar-refractivity contribution in [1.82, 2.24) is 29.8 Å². The fraction of sp³-hybridized carbons (Fsp3) is 0.0476. The van der Waals surface area contributed by atoms with Crippen molar-refractivity contribution in [1.29, 1.82) is 0 Å². The fourth-order valence-corrected chi connectivity index (χ4v) is 4.08. The van der Waals surface area contributed by atoms with Gasteiger partial charge in [-0.1, -0.05) is 59.4 Å². The smallest absolute Gasteiger partial charge is 0.258 e. The first-order valence-corrected chi connectivity index (χ1v) is 10.4. The SMILES string of the molecule is O=[N+]([O-])c1ccc(CSc2nnc(-n3nnc4ccccc43)n2-c2ccccc2)cc1. The van der Waals surface area contributed by atoms with Gasteiger partial charge in [0.1, 0.15) is 5.52 Å². The van der Waals surface area contributed by atoms with Crippen molar-refractivity contribution in [2.24, 2.45) is 0 Å². The van der Waals surface area contributed by atoms with E-state index in [1.807, 2.05) is 59.2 Å². The molecule has 0 spiro atoms. The van der Waals surface area contributed by atoms with Crippen LogP contribution in [0, 0.1) is 10.1 Å². The van der Waals surface area contributed by atoms with Crippen LogP contribution in [0.15, 0.2) is 84.0 Å². The molecule has 10 heteroatoms. The van der Waals surface area contributed by atoms with Crippen LogP contribution in [0.3, 0.4) is 0 Å². The number of hydrogen-bond acceptors (Lipinski definition) is 7. The van der Waals surface area contributed by atoms with Crippen LogP contribution < -0.4 is 0 Å². The van der Waals surface area contributed by atoms with E-state index in [1.54, 1.807) is 16.8 Å². The number of fused-ring (bicyclic) bond motifs is 1. The highest BCUT2D eigenvalue weighted by Crippen LogP contribution is 2.28. The van der Waals surface area contributed by atoms with Crippen molar-refractivity contribution in [2.45, 2.75) is 10.9 Å². The highest BCUT2D eigenvalue weighted by molar-refractivity contribution is 7.98. The molecule has 3 aromatic carbocycles. The second-order valence-electron chi connectivity index (χ2n) is 6.66. The largest absolute Gasteiger partial charge is 0.269 e. The summed E-state index contributed by atoms with van der Waals surface area (Å²) in [7, 11) is 0. The van der Waals surface area contributed by atoms with Crippen molar-refractivity contribution in [3.05, 3.63) is 94.5 Å². The zero-order chi connectivity index (χ0) is 21.2. The minimum Gasteiger partial charge on any atom is -0.258 e. The summed E-state index contributed by atoms with van der Waals surface area (Å²) in [6.45, 7) is 0. The summed E-state index contributed by atoms with van der Waals surface area (Å²) in [4.78, 5) is 10.5. The first-order valence-electron chi connectivity index (χ1n) is 9.38. The van der Waals surface area contributed by atoms with E-state index in [1.165, 1.54) is 23.9 Å². The Balaban J connectivity index is 1.53. The van der Waals surface area contributed by atoms with Gasteiger partial charge in [0, 0.05) is 17.9 Å². The molecule has 2 heterocycles. The molecule has 0 bridgehead atoms. The van der Waals surface area contributed by atoms with Crippen LogP contribution in [0.25, 0.3) is 22.7 Å². The van der Waals surface area contributed by atoms with E-state index in [0.717, 1.165) is 22.3 Å². The second kappa shape index (κ2) is 8.00. The van der Waals surface area contributed by atoms with E-state index in [-0.39, 0.29) is 5.69 Å². The van der Waals surface area contributed by atoms with Gasteiger partial charge in [0.25, 0.3) is 11.6 Å². The Labute approximate surface area is 180 Å². The first kappa shape index (κ1) is 18.9. The Bertz CT molecular complexity index is 1360. The lowest BCUT2D eigenvalue weighted by Gasteiger charge is -2.10. The molecule has 31 heavy (non-hydrogen) atoms. The molecular weight excluding hydrogens is 414 g/mol. The van der Waals surface area contributed by atoms with E-state index in [4.69, 9.17) is 0 Å². The summed E-state index contributed by atoms with van der Waals surface area (Å²) in [6, 6.07) is 24.0. The molecule has 0 aliphatic carbocycles. The van der Waals surface area contributed by atoms with Crippen LogP contribution >= 0.6 is 11.8 Å². The second-order valence-corrected chi connectivity index (χ2v) is 7.60. The van der Waals surface area contributed by atoms with E-state index >= 15 is 0 Å². The fourth-order valence-electron chi connectivity index (χ4n) is 3.17. The lowest BCUT2D eigenvalue weighted by atomic mass is 10.2. The highest BCUT2D eigenvalue weighted by atomic mass is 32.2. The predicted octanol–water partition coefficient (Wildman–Crippen LogP) is 4.20. The van der Waals surface area contributed by atoms with Gasteiger partial charge in [-0.25, -0.2) is 0 Å². The number of rotatable bonds is 6. The van der Waals surface area contributed by atoms with Crippen molar-refractivity contribution in [3.8, 4) is 11.6 Å². The molecule has 0 amide bonds. The Morgan fingerprint density at radius 1 is 0.871 bits per heavy atom. The van der Waals surface area contributed by atoms with Crippen molar-refractivity contribution in [2.75, 3.05) is 0 Å². The van der Waals surface area contributed by atoms with E-state index in [2.05, 4.69) is 20.5 Å². The molecule has 0 fully saturated rings. The predicted molar refractivity (Wildman–Crippen MR) is 116 cm³/mol. The Hall–Kier alpha value is -4.05. The highest BCUT2D eigenvalue weighted by Gasteiger charge is 2.19. The number of nitrogens with zero attached hydrogens (tertiary/aromatic N) is 7. The third-order valence-electron chi connectivity index (χ3n) is 4.69. The normalized spacial score (nSPS) is 11.1.